The molecule has 0 aromatic heterocycles. The topological polar surface area (TPSA) is 95.0 Å². The van der Waals surface area contributed by atoms with E-state index in [2.05, 4.69) is 22.5 Å². The molecular weight excluding hydrogens is 655 g/mol. The van der Waals surface area contributed by atoms with Crippen molar-refractivity contribution in [2.75, 3.05) is 10.4 Å². The van der Waals surface area contributed by atoms with Crippen LogP contribution < -0.4 is 4.90 Å². The molecular formula is C33H25BrCl2N2O5. The van der Waals surface area contributed by atoms with Gasteiger partial charge in [-0.1, -0.05) is 82.7 Å². The highest BCUT2D eigenvalue weighted by atomic mass is 79.9. The van der Waals surface area contributed by atoms with E-state index in [1.807, 2.05) is 30.3 Å². The Labute approximate surface area is 265 Å². The molecule has 7 rings (SSSR count). The molecule has 2 aliphatic heterocycles. The molecule has 0 spiro atoms. The van der Waals surface area contributed by atoms with Gasteiger partial charge in [0.05, 0.1) is 23.0 Å². The number of fused-ring (bicyclic) bond motifs is 5. The Morgan fingerprint density at radius 3 is 2.37 bits per heavy atom. The first-order valence-corrected chi connectivity index (χ1v) is 15.8. The molecule has 0 bridgehead atoms. The van der Waals surface area contributed by atoms with Crippen molar-refractivity contribution in [3.8, 4) is 5.75 Å². The van der Waals surface area contributed by atoms with Gasteiger partial charge in [0.15, 0.2) is 9.75 Å². The first kappa shape index (κ1) is 28.3. The van der Waals surface area contributed by atoms with Gasteiger partial charge in [0.1, 0.15) is 5.75 Å². The number of phenols is 1. The second-order valence-corrected chi connectivity index (χ2v) is 13.3. The van der Waals surface area contributed by atoms with E-state index in [0.29, 0.717) is 22.2 Å². The Morgan fingerprint density at radius 1 is 0.953 bits per heavy atom. The summed E-state index contributed by atoms with van der Waals surface area (Å²) in [7, 11) is 0. The van der Waals surface area contributed by atoms with Crippen molar-refractivity contribution in [1.82, 2.24) is 4.90 Å². The first-order chi connectivity index (χ1) is 20.6. The van der Waals surface area contributed by atoms with E-state index in [1.54, 1.807) is 36.4 Å². The lowest BCUT2D eigenvalue weighted by molar-refractivity contribution is -0.138. The predicted molar refractivity (Wildman–Crippen MR) is 168 cm³/mol. The summed E-state index contributed by atoms with van der Waals surface area (Å²) in [5, 5.41) is 12.8. The third-order valence-corrected chi connectivity index (χ3v) is 11.6. The molecule has 3 aromatic carbocycles. The molecule has 1 N–H and O–H groups in total. The van der Waals surface area contributed by atoms with Gasteiger partial charge in [-0.05, 0) is 53.3 Å². The van der Waals surface area contributed by atoms with Gasteiger partial charge in [0, 0.05) is 11.5 Å². The van der Waals surface area contributed by atoms with E-state index in [0.717, 1.165) is 15.8 Å². The van der Waals surface area contributed by atoms with Crippen LogP contribution in [-0.2, 0) is 19.2 Å². The van der Waals surface area contributed by atoms with Gasteiger partial charge in [-0.15, -0.1) is 23.2 Å². The van der Waals surface area contributed by atoms with Gasteiger partial charge < -0.3 is 5.11 Å². The highest BCUT2D eigenvalue weighted by molar-refractivity contribution is 9.09. The molecule has 43 heavy (non-hydrogen) atoms. The van der Waals surface area contributed by atoms with E-state index in [-0.39, 0.29) is 30.0 Å². The van der Waals surface area contributed by atoms with Crippen LogP contribution in [0.2, 0.25) is 0 Å². The maximum absolute atomic E-state index is 14.2. The van der Waals surface area contributed by atoms with E-state index >= 15 is 0 Å². The number of aromatic hydroxyl groups is 1. The normalized spacial score (nSPS) is 31.7. The van der Waals surface area contributed by atoms with Crippen molar-refractivity contribution < 1.29 is 24.3 Å². The molecule has 3 aromatic rings. The highest BCUT2D eigenvalue weighted by Gasteiger charge is 2.76. The number of phenolic OH excluding ortho intramolecular Hbond substituents is 1. The minimum absolute atomic E-state index is 0.110. The van der Waals surface area contributed by atoms with Crippen molar-refractivity contribution in [3.05, 3.63) is 90.0 Å². The zero-order valence-corrected chi connectivity index (χ0v) is 25.8. The molecule has 4 aliphatic rings. The minimum Gasteiger partial charge on any atom is -0.508 e. The van der Waals surface area contributed by atoms with Crippen molar-refractivity contribution in [3.63, 3.8) is 0 Å². The minimum atomic E-state index is -2.00. The summed E-state index contributed by atoms with van der Waals surface area (Å²) in [6, 6.07) is 17.6. The second-order valence-electron chi connectivity index (χ2n) is 11.5. The Hall–Kier alpha value is -3.46. The smallest absolute Gasteiger partial charge is 0.254 e. The summed E-state index contributed by atoms with van der Waals surface area (Å²) in [6.45, 7) is 3.76. The van der Waals surface area contributed by atoms with Crippen LogP contribution in [0.5, 0.6) is 5.75 Å². The van der Waals surface area contributed by atoms with Crippen molar-refractivity contribution in [2.24, 2.45) is 17.8 Å². The lowest BCUT2D eigenvalue weighted by Crippen LogP contribution is -2.60. The summed E-state index contributed by atoms with van der Waals surface area (Å²) < 4.78 is 0. The van der Waals surface area contributed by atoms with E-state index in [1.165, 1.54) is 11.0 Å². The number of halogens is 3. The van der Waals surface area contributed by atoms with Gasteiger partial charge in [0.25, 0.3) is 11.8 Å². The van der Waals surface area contributed by atoms with Crippen molar-refractivity contribution in [2.45, 2.75) is 28.5 Å². The Bertz CT molecular complexity index is 1810. The number of nitrogens with zero attached hydrogens (tertiary/aromatic N) is 2. The Kier molecular flexibility index (Phi) is 6.44. The molecule has 0 radical (unpaired) electrons. The van der Waals surface area contributed by atoms with Crippen LogP contribution >= 0.6 is 39.1 Å². The van der Waals surface area contributed by atoms with Gasteiger partial charge in [-0.2, -0.15) is 0 Å². The standard InChI is InChI=1S/C33H25BrCl2N2O5/c1-2-17-7-10-19(11-8-17)38-28(40)22-13-12-21-23(25(22)29(38)41)15-32(35)30(42)37(16-34)31(43)33(32,36)27(21)26-20-6-4-3-5-18(20)9-14-24(26)39/h2-12,14,22-23,25,27,39H,1,13,15-16H2/t22-,23+,25-,27+,32+,33-/m0/s1. The van der Waals surface area contributed by atoms with E-state index in [9.17, 15) is 24.3 Å². The van der Waals surface area contributed by atoms with Crippen LogP contribution in [0.25, 0.3) is 16.8 Å². The van der Waals surface area contributed by atoms with Crippen LogP contribution in [0, 0.1) is 17.8 Å². The average Bonchev–Trinajstić information content (AvgIpc) is 3.35. The number of benzene rings is 3. The summed E-state index contributed by atoms with van der Waals surface area (Å²) in [5.74, 6) is -5.43. The lowest BCUT2D eigenvalue weighted by Gasteiger charge is -2.51. The number of hydrogen-bond acceptors (Lipinski definition) is 5. The fourth-order valence-electron chi connectivity index (χ4n) is 7.67. The number of hydrogen-bond donors (Lipinski definition) is 1. The number of allylic oxidation sites excluding steroid dienone is 2. The predicted octanol–water partition coefficient (Wildman–Crippen LogP) is 6.10. The molecule has 2 saturated heterocycles. The summed E-state index contributed by atoms with van der Waals surface area (Å²) in [6.07, 6.45) is 3.65. The molecule has 2 aliphatic carbocycles. The number of anilines is 1. The summed E-state index contributed by atoms with van der Waals surface area (Å²) in [4.78, 5) is 54.2. The number of likely N-dealkylation sites (tertiary alicyclic amines) is 1. The Morgan fingerprint density at radius 2 is 1.67 bits per heavy atom. The maximum Gasteiger partial charge on any atom is 0.254 e. The van der Waals surface area contributed by atoms with Crippen LogP contribution in [0.1, 0.15) is 29.9 Å². The van der Waals surface area contributed by atoms with E-state index in [4.69, 9.17) is 23.2 Å². The first-order valence-electron chi connectivity index (χ1n) is 13.9. The number of carbonyl (C=O) groups is 4. The number of imide groups is 2. The SMILES string of the molecule is C=Cc1ccc(N2C(=O)[C@H]3[C@H](CC=C4[C@H]3C[C@@]3(Cl)C(=O)N(CBr)C(=O)[C@@]3(Cl)[C@H]4c3c(O)ccc4ccccc34)C2=O)cc1. The van der Waals surface area contributed by atoms with Gasteiger partial charge in [-0.3, -0.25) is 29.0 Å². The Balaban J connectivity index is 1.43. The summed E-state index contributed by atoms with van der Waals surface area (Å²) in [5.41, 5.74) is 2.15. The van der Waals surface area contributed by atoms with Crippen LogP contribution in [-0.4, -0.2) is 48.8 Å². The fraction of sp³-hybridized carbons (Fsp3) is 0.273. The van der Waals surface area contributed by atoms with Crippen LogP contribution in [0.3, 0.4) is 0 Å². The number of amides is 4. The monoisotopic (exact) mass is 678 g/mol. The third kappa shape index (κ3) is 3.60. The number of alkyl halides is 3. The molecule has 3 fully saturated rings. The molecule has 2 heterocycles. The largest absolute Gasteiger partial charge is 0.508 e. The zero-order valence-electron chi connectivity index (χ0n) is 22.7. The summed E-state index contributed by atoms with van der Waals surface area (Å²) >= 11 is 17.9. The zero-order chi connectivity index (χ0) is 30.4. The quantitative estimate of drug-likeness (QED) is 0.156. The maximum atomic E-state index is 14.2. The van der Waals surface area contributed by atoms with E-state index < -0.39 is 51.1 Å². The van der Waals surface area contributed by atoms with Gasteiger partial charge in [0.2, 0.25) is 11.8 Å². The number of carbonyl (C=O) groups excluding carboxylic acids is 4. The highest BCUT2D eigenvalue weighted by Crippen LogP contribution is 2.66. The fourth-order valence-corrected chi connectivity index (χ4v) is 9.08. The van der Waals surface area contributed by atoms with Crippen molar-refractivity contribution >= 4 is 85.3 Å². The molecule has 4 amide bonds. The van der Waals surface area contributed by atoms with Crippen molar-refractivity contribution in [1.29, 1.82) is 0 Å². The molecule has 218 valence electrons. The molecule has 10 heteroatoms. The van der Waals surface area contributed by atoms with Gasteiger partial charge >= 0.3 is 0 Å². The molecule has 6 atom stereocenters. The van der Waals surface area contributed by atoms with Gasteiger partial charge in [-0.25, -0.2) is 0 Å². The average molecular weight is 680 g/mol. The number of rotatable bonds is 4. The molecule has 0 unspecified atom stereocenters. The van der Waals surface area contributed by atoms with Crippen LogP contribution in [0.4, 0.5) is 5.69 Å². The third-order valence-electron chi connectivity index (χ3n) is 9.64. The van der Waals surface area contributed by atoms with Crippen LogP contribution in [0.15, 0.2) is 78.9 Å². The molecule has 7 nitrogen and oxygen atoms in total. The molecule has 1 saturated carbocycles. The lowest BCUT2D eigenvalue weighted by atomic mass is 9.56. The second kappa shape index (κ2) is 9.78.